The van der Waals surface area contributed by atoms with E-state index in [1.807, 2.05) is 122 Å². The topological polar surface area (TPSA) is 173 Å². The van der Waals surface area contributed by atoms with Gasteiger partial charge in [0.25, 0.3) is 5.91 Å². The Bertz CT molecular complexity index is 2640. The number of aromatic nitrogens is 1. The maximum atomic E-state index is 13.6. The van der Waals surface area contributed by atoms with Crippen molar-refractivity contribution in [1.82, 2.24) is 24.6 Å². The Hall–Kier alpha value is -5.16. The van der Waals surface area contributed by atoms with Gasteiger partial charge in [-0.25, -0.2) is 9.59 Å². The summed E-state index contributed by atoms with van der Waals surface area (Å²) < 4.78 is 10.6. The van der Waals surface area contributed by atoms with E-state index in [4.69, 9.17) is 49.4 Å². The highest BCUT2D eigenvalue weighted by molar-refractivity contribution is 6.32. The van der Waals surface area contributed by atoms with Crippen LogP contribution in [0.2, 0.25) is 10.0 Å². The van der Waals surface area contributed by atoms with Crippen LogP contribution in [0.4, 0.5) is 21.0 Å². The van der Waals surface area contributed by atoms with Crippen molar-refractivity contribution in [3.05, 3.63) is 86.7 Å². The molecule has 16 nitrogen and oxygen atoms in total. The van der Waals surface area contributed by atoms with Gasteiger partial charge < -0.3 is 44.0 Å². The predicted molar refractivity (Wildman–Crippen MR) is 325 cm³/mol. The van der Waals surface area contributed by atoms with Crippen LogP contribution in [0.3, 0.4) is 0 Å². The van der Waals surface area contributed by atoms with E-state index in [1.165, 1.54) is 6.42 Å². The smallest absolute Gasteiger partial charge is 0.410 e. The molecule has 1 aromatic heterocycles. The number of likely N-dealkylation sites (tertiary alicyclic amines) is 4. The van der Waals surface area contributed by atoms with Gasteiger partial charge in [-0.15, -0.1) is 11.6 Å². The number of carboxylic acids is 1. The summed E-state index contributed by atoms with van der Waals surface area (Å²) in [6.45, 7) is 26.7. The second kappa shape index (κ2) is 30.1. The van der Waals surface area contributed by atoms with Crippen molar-refractivity contribution in [3.8, 4) is 0 Å². The van der Waals surface area contributed by atoms with E-state index in [0.29, 0.717) is 99.1 Å². The number of rotatable bonds is 13. The number of hydrogen-bond acceptors (Lipinski definition) is 10. The Balaban J connectivity index is 0.000000216. The minimum atomic E-state index is -0.774. The molecule has 3 aromatic rings. The number of aliphatic carboxylic acids is 1. The molecule has 2 unspecified atom stereocenters. The fourth-order valence-electron chi connectivity index (χ4n) is 11.6. The largest absolute Gasteiger partial charge is 0.481 e. The number of nitrogens with zero attached hydrogens (tertiary/aromatic N) is 7. The number of fused-ring (bicyclic) bond motifs is 1. The lowest BCUT2D eigenvalue weighted by atomic mass is 9.88. The zero-order valence-electron chi connectivity index (χ0n) is 50.2. The molecular formula is C63H90Cl3N7O9. The number of amides is 5. The molecule has 8 rings (SSSR count). The van der Waals surface area contributed by atoms with Crippen molar-refractivity contribution in [1.29, 1.82) is 0 Å². The Morgan fingerprint density at radius 2 is 1.05 bits per heavy atom. The number of halogens is 3. The molecule has 5 aliphatic rings. The Kier molecular flexibility index (Phi) is 24.2. The first-order valence-electron chi connectivity index (χ1n) is 29.6. The lowest BCUT2D eigenvalue weighted by Crippen LogP contribution is -2.46. The van der Waals surface area contributed by atoms with Gasteiger partial charge in [-0.05, 0) is 186 Å². The molecule has 5 fully saturated rings. The number of piperidine rings is 2. The molecule has 4 saturated heterocycles. The molecule has 5 amide bonds. The first-order valence-corrected chi connectivity index (χ1v) is 30.9. The number of aryl methyl sites for hydroxylation is 4. The Labute approximate surface area is 502 Å². The van der Waals surface area contributed by atoms with Gasteiger partial charge in [-0.3, -0.25) is 24.2 Å². The number of carbonyl (C=O) groups excluding carboxylic acids is 5. The number of carboxylic acid groups (broad SMARTS) is 1. The summed E-state index contributed by atoms with van der Waals surface area (Å²) in [5, 5.41) is 10.2. The van der Waals surface area contributed by atoms with E-state index in [9.17, 15) is 28.8 Å². The fraction of sp³-hybridized carbons (Fsp3) is 0.635. The minimum absolute atomic E-state index is 0.0638. The number of ether oxygens (including phenoxy) is 2. The first-order chi connectivity index (χ1) is 38.7. The molecule has 0 bridgehead atoms. The van der Waals surface area contributed by atoms with E-state index >= 15 is 0 Å². The van der Waals surface area contributed by atoms with Crippen LogP contribution in [0.25, 0.3) is 0 Å². The Morgan fingerprint density at radius 1 is 0.598 bits per heavy atom. The van der Waals surface area contributed by atoms with Crippen LogP contribution >= 0.6 is 34.8 Å². The van der Waals surface area contributed by atoms with Crippen molar-refractivity contribution in [3.63, 3.8) is 0 Å². The quantitative estimate of drug-likeness (QED) is 0.161. The lowest BCUT2D eigenvalue weighted by molar-refractivity contribution is -0.143. The monoisotopic (exact) mass is 1190 g/mol. The highest BCUT2D eigenvalue weighted by Crippen LogP contribution is 2.35. The number of carbonyl (C=O) groups is 6. The predicted octanol–water partition coefficient (Wildman–Crippen LogP) is 12.6. The number of hydrogen-bond donors (Lipinski definition) is 1. The van der Waals surface area contributed by atoms with Crippen LogP contribution < -0.4 is 9.80 Å². The summed E-state index contributed by atoms with van der Waals surface area (Å²) in [7, 11) is 0. The average Bonchev–Trinajstić information content (AvgIpc) is 4.01. The maximum absolute atomic E-state index is 13.6. The first kappa shape index (κ1) is 66.0. The average molecular weight is 1200 g/mol. The standard InChI is InChI=1S/C31H41ClN4O2.C21H30Cl2N2O3.C11H19NO4/c1-21-10-11-27(16-28(21)32)36(30(37)24-8-5-4-6-9-24)15-7-14-34-17-25-19-35(20-26(25)18-34)31(38)29-22(2)12-13-33-23(29)3;1-15-6-7-17(14-18(15)23)25(11-5-10-22)19(26)16-8-12-24(13-9-16)20(27)28-21(2,3)4;1-11(2,3)16-10(15)12-6-4-8(5-7-12)9(13)14/h10-13,16,24-26H,4-9,14-15,17-20H2,1-3H3;6-7,14,16H,5,8-13H2,1-4H3;8H,4-7H2,1-3H3,(H,13,14). The molecule has 1 N–H and O–H groups in total. The van der Waals surface area contributed by atoms with Crippen LogP contribution in [0.5, 0.6) is 0 Å². The normalized spacial score (nSPS) is 19.1. The zero-order chi connectivity index (χ0) is 60.1. The van der Waals surface area contributed by atoms with E-state index < -0.39 is 17.2 Å². The van der Waals surface area contributed by atoms with Gasteiger partial charge in [0.1, 0.15) is 11.2 Å². The summed E-state index contributed by atoms with van der Waals surface area (Å²) in [4.78, 5) is 90.6. The molecule has 1 saturated carbocycles. The summed E-state index contributed by atoms with van der Waals surface area (Å²) >= 11 is 18.6. The molecule has 0 spiro atoms. The van der Waals surface area contributed by atoms with Crippen LogP contribution in [0.15, 0.2) is 48.7 Å². The molecule has 5 heterocycles. The summed E-state index contributed by atoms with van der Waals surface area (Å²) in [5.41, 5.74) is 5.28. The van der Waals surface area contributed by atoms with Gasteiger partial charge in [0, 0.05) is 111 Å². The van der Waals surface area contributed by atoms with Crippen molar-refractivity contribution in [2.24, 2.45) is 29.6 Å². The molecule has 19 heteroatoms. The van der Waals surface area contributed by atoms with Crippen LogP contribution in [-0.2, 0) is 23.9 Å². The molecule has 2 atom stereocenters. The Morgan fingerprint density at radius 3 is 1.48 bits per heavy atom. The fourth-order valence-corrected chi connectivity index (χ4v) is 12.0. The highest BCUT2D eigenvalue weighted by atomic mass is 35.5. The van der Waals surface area contributed by atoms with E-state index in [2.05, 4.69) is 9.88 Å². The number of benzene rings is 2. The lowest BCUT2D eigenvalue weighted by Gasteiger charge is -2.35. The molecule has 82 heavy (non-hydrogen) atoms. The van der Waals surface area contributed by atoms with Crippen molar-refractivity contribution in [2.75, 3.05) is 87.7 Å². The molecule has 1 aliphatic carbocycles. The summed E-state index contributed by atoms with van der Waals surface area (Å²) in [6, 6.07) is 13.6. The maximum Gasteiger partial charge on any atom is 0.410 e. The SMILES string of the molecule is CC(C)(C)OC(=O)N1CCC(C(=O)O)CC1.Cc1ccc(N(CCCCl)C(=O)C2CCN(C(=O)OC(C)(C)C)CC2)cc1Cl.Cc1ccc(N(CCCN2CC3CN(C(=O)c4c(C)ccnc4C)CC3C2)C(=O)C2CCCCC2)cc1Cl. The zero-order valence-corrected chi connectivity index (χ0v) is 52.5. The van der Waals surface area contributed by atoms with Crippen molar-refractivity contribution >= 4 is 82.1 Å². The molecule has 452 valence electrons. The van der Waals surface area contributed by atoms with Gasteiger partial charge in [-0.2, -0.15) is 0 Å². The summed E-state index contributed by atoms with van der Waals surface area (Å²) in [5.74, 6) is 0.886. The second-order valence-corrected chi connectivity index (χ2v) is 26.2. The molecule has 0 radical (unpaired) electrons. The van der Waals surface area contributed by atoms with Gasteiger partial charge in [0.05, 0.1) is 17.2 Å². The van der Waals surface area contributed by atoms with Crippen molar-refractivity contribution < 1.29 is 43.3 Å². The van der Waals surface area contributed by atoms with Crippen LogP contribution in [0, 0.1) is 57.3 Å². The van der Waals surface area contributed by atoms with Gasteiger partial charge in [0.2, 0.25) is 11.8 Å². The number of anilines is 2. The third-order valence-electron chi connectivity index (χ3n) is 16.2. The van der Waals surface area contributed by atoms with Gasteiger partial charge in [-0.1, -0.05) is 54.6 Å². The third-order valence-corrected chi connectivity index (χ3v) is 17.3. The second-order valence-electron chi connectivity index (χ2n) is 25.0. The summed E-state index contributed by atoms with van der Waals surface area (Å²) in [6.07, 6.45) is 10.5. The number of alkyl halides is 1. The number of pyridine rings is 1. The van der Waals surface area contributed by atoms with E-state index in [-0.39, 0.29) is 47.7 Å². The molecule has 2 aromatic carbocycles. The van der Waals surface area contributed by atoms with Crippen molar-refractivity contribution in [2.45, 2.75) is 151 Å². The van der Waals surface area contributed by atoms with Gasteiger partial charge in [0.15, 0.2) is 0 Å². The molecular weight excluding hydrogens is 1110 g/mol. The van der Waals surface area contributed by atoms with E-state index in [0.717, 1.165) is 104 Å². The highest BCUT2D eigenvalue weighted by Gasteiger charge is 2.42. The third kappa shape index (κ3) is 18.9. The molecule has 4 aliphatic heterocycles. The van der Waals surface area contributed by atoms with Gasteiger partial charge >= 0.3 is 18.2 Å². The minimum Gasteiger partial charge on any atom is -0.481 e. The van der Waals surface area contributed by atoms with Crippen LogP contribution in [0.1, 0.15) is 145 Å². The van der Waals surface area contributed by atoms with E-state index in [1.54, 1.807) is 20.9 Å². The van der Waals surface area contributed by atoms with Crippen LogP contribution in [-0.4, -0.2) is 155 Å².